The van der Waals surface area contributed by atoms with Crippen LogP contribution >= 0.6 is 11.6 Å². The molecule has 1 aliphatic heterocycles. The van der Waals surface area contributed by atoms with E-state index in [4.69, 9.17) is 28.8 Å². The van der Waals surface area contributed by atoms with Crippen LogP contribution in [0.3, 0.4) is 0 Å². The second-order valence-electron chi connectivity index (χ2n) is 7.49. The van der Waals surface area contributed by atoms with Crippen molar-refractivity contribution in [2.75, 3.05) is 15.4 Å². The molecule has 0 radical (unpaired) electrons. The third kappa shape index (κ3) is 6.11. The first kappa shape index (κ1) is 24.7. The lowest BCUT2D eigenvalue weighted by Crippen LogP contribution is -2.54. The molecule has 34 heavy (non-hydrogen) atoms. The van der Waals surface area contributed by atoms with Gasteiger partial charge in [0, 0.05) is 28.8 Å². The zero-order chi connectivity index (χ0) is 24.9. The van der Waals surface area contributed by atoms with Crippen molar-refractivity contribution >= 4 is 50.9 Å². The van der Waals surface area contributed by atoms with Crippen molar-refractivity contribution in [1.82, 2.24) is 9.97 Å². The maximum atomic E-state index is 11.9. The van der Waals surface area contributed by atoms with Gasteiger partial charge in [-0.15, -0.1) is 0 Å². The van der Waals surface area contributed by atoms with Crippen molar-refractivity contribution in [1.29, 1.82) is 0 Å². The zero-order valence-corrected chi connectivity index (χ0v) is 20.0. The van der Waals surface area contributed by atoms with Gasteiger partial charge in [-0.3, -0.25) is 4.90 Å². The Labute approximate surface area is 202 Å². The molecule has 4 rings (SSSR count). The van der Waals surface area contributed by atoms with E-state index >= 15 is 0 Å². The smallest absolute Gasteiger partial charge is 0.264 e. The average Bonchev–Trinajstić information content (AvgIpc) is 2.75. The van der Waals surface area contributed by atoms with Gasteiger partial charge in [0.05, 0.1) is 4.90 Å². The number of hydrogen-bond acceptors (Lipinski definition) is 10. The van der Waals surface area contributed by atoms with Gasteiger partial charge in [-0.25, -0.2) is 28.1 Å². The van der Waals surface area contributed by atoms with E-state index in [9.17, 15) is 8.42 Å². The van der Waals surface area contributed by atoms with E-state index in [1.807, 2.05) is 26.0 Å². The lowest BCUT2D eigenvalue weighted by molar-refractivity contribution is 0.534. The summed E-state index contributed by atoms with van der Waals surface area (Å²) in [6.07, 6.45) is 2.90. The van der Waals surface area contributed by atoms with Crippen LogP contribution in [-0.2, 0) is 10.0 Å². The second kappa shape index (κ2) is 9.93. The third-order valence-corrected chi connectivity index (χ3v) is 6.06. The molecule has 0 amide bonds. The summed E-state index contributed by atoms with van der Waals surface area (Å²) in [5.41, 5.74) is 17.8. The SMILES string of the molecule is CC1(C)N=C(N)N=C(N)N1c1ccc(Cl)cc1.Nc1ccc(S(=O)(=O)Nc2ncccn2)cc1. The Hall–Kier alpha value is -3.90. The highest BCUT2D eigenvalue weighted by molar-refractivity contribution is 7.92. The van der Waals surface area contributed by atoms with Crippen LogP contribution < -0.4 is 26.8 Å². The normalized spacial score (nSPS) is 14.9. The summed E-state index contributed by atoms with van der Waals surface area (Å²) in [5.74, 6) is 0.548. The highest BCUT2D eigenvalue weighted by Gasteiger charge is 2.32. The highest BCUT2D eigenvalue weighted by Crippen LogP contribution is 2.28. The molecule has 0 saturated carbocycles. The van der Waals surface area contributed by atoms with Crippen LogP contribution in [0.4, 0.5) is 17.3 Å². The van der Waals surface area contributed by atoms with Crippen molar-refractivity contribution in [2.24, 2.45) is 21.5 Å². The van der Waals surface area contributed by atoms with Crippen molar-refractivity contribution in [2.45, 2.75) is 24.4 Å². The van der Waals surface area contributed by atoms with E-state index in [0.717, 1.165) is 5.69 Å². The fourth-order valence-corrected chi connectivity index (χ4v) is 4.10. The summed E-state index contributed by atoms with van der Waals surface area (Å²) < 4.78 is 26.0. The molecule has 7 N–H and O–H groups in total. The van der Waals surface area contributed by atoms with Gasteiger partial charge in [0.25, 0.3) is 10.0 Å². The lowest BCUT2D eigenvalue weighted by Gasteiger charge is -2.38. The fraction of sp³-hybridized carbons (Fsp3) is 0.143. The first-order valence-electron chi connectivity index (χ1n) is 9.88. The Balaban J connectivity index is 0.000000191. The Morgan fingerprint density at radius 1 is 0.941 bits per heavy atom. The molecule has 11 nitrogen and oxygen atoms in total. The Kier molecular flexibility index (Phi) is 7.23. The molecule has 2 heterocycles. The van der Waals surface area contributed by atoms with Crippen LogP contribution in [0.25, 0.3) is 0 Å². The molecule has 0 fully saturated rings. The molecule has 0 atom stereocenters. The Morgan fingerprint density at radius 3 is 2.09 bits per heavy atom. The maximum absolute atomic E-state index is 11.9. The number of anilines is 3. The number of sulfonamides is 1. The quantitative estimate of drug-likeness (QED) is 0.393. The number of benzene rings is 2. The van der Waals surface area contributed by atoms with Crippen molar-refractivity contribution < 1.29 is 8.42 Å². The number of aromatic nitrogens is 2. The topological polar surface area (TPSA) is 178 Å². The number of nitrogens with one attached hydrogen (secondary N) is 1. The summed E-state index contributed by atoms with van der Waals surface area (Å²) in [4.78, 5) is 17.7. The summed E-state index contributed by atoms with van der Waals surface area (Å²) in [7, 11) is -3.66. The van der Waals surface area contributed by atoms with Crippen LogP contribution in [0.15, 0.2) is 81.9 Å². The van der Waals surface area contributed by atoms with E-state index in [2.05, 4.69) is 24.7 Å². The third-order valence-electron chi connectivity index (χ3n) is 4.46. The monoisotopic (exact) mass is 501 g/mol. The molecule has 3 aromatic rings. The number of halogens is 1. The predicted octanol–water partition coefficient (Wildman–Crippen LogP) is 2.39. The number of rotatable bonds is 4. The highest BCUT2D eigenvalue weighted by atomic mass is 35.5. The fourth-order valence-electron chi connectivity index (χ4n) is 3.02. The second-order valence-corrected chi connectivity index (χ2v) is 9.61. The Morgan fingerprint density at radius 2 is 1.53 bits per heavy atom. The van der Waals surface area contributed by atoms with Crippen molar-refractivity contribution in [3.8, 4) is 0 Å². The van der Waals surface area contributed by atoms with E-state index in [0.29, 0.717) is 16.7 Å². The molecule has 0 saturated heterocycles. The molecule has 0 unspecified atom stereocenters. The molecular formula is C21H24ClN9O2S. The molecule has 2 aromatic carbocycles. The minimum atomic E-state index is -3.66. The van der Waals surface area contributed by atoms with Crippen LogP contribution in [0.5, 0.6) is 0 Å². The van der Waals surface area contributed by atoms with Gasteiger partial charge in [0.2, 0.25) is 17.9 Å². The van der Waals surface area contributed by atoms with Crippen LogP contribution in [0.1, 0.15) is 13.8 Å². The van der Waals surface area contributed by atoms with E-state index in [1.165, 1.54) is 36.7 Å². The molecule has 0 spiro atoms. The maximum Gasteiger partial charge on any atom is 0.264 e. The molecular weight excluding hydrogens is 478 g/mol. The Bertz CT molecular complexity index is 1290. The number of guanidine groups is 2. The van der Waals surface area contributed by atoms with Gasteiger partial charge in [-0.2, -0.15) is 4.99 Å². The van der Waals surface area contributed by atoms with Gasteiger partial charge in [0.1, 0.15) is 5.66 Å². The molecule has 1 aromatic heterocycles. The van der Waals surface area contributed by atoms with E-state index in [1.54, 1.807) is 23.1 Å². The number of hydrogen-bond donors (Lipinski definition) is 4. The summed E-state index contributed by atoms with van der Waals surface area (Å²) in [6.45, 7) is 3.83. The van der Waals surface area contributed by atoms with Gasteiger partial charge in [0.15, 0.2) is 0 Å². The number of nitrogen functional groups attached to an aromatic ring is 1. The van der Waals surface area contributed by atoms with Crippen LogP contribution in [0, 0.1) is 0 Å². The number of nitrogens with two attached hydrogens (primary N) is 3. The minimum absolute atomic E-state index is 0.0318. The summed E-state index contributed by atoms with van der Waals surface area (Å²) >= 11 is 5.85. The first-order valence-corrected chi connectivity index (χ1v) is 11.7. The molecule has 13 heteroatoms. The standard InChI is InChI=1S/C11H14ClN5.C10H10N4O2S/c1-11(2)16-9(13)15-10(14)17(11)8-5-3-7(12)4-6-8;11-8-2-4-9(5-3-8)17(15,16)14-10-12-6-1-7-13-10/h3-6H,1-2H3,(H4,13,14,15,16);1-7H,11H2,(H,12,13,14). The van der Waals surface area contributed by atoms with Gasteiger partial charge < -0.3 is 17.2 Å². The molecule has 178 valence electrons. The van der Waals surface area contributed by atoms with Gasteiger partial charge in [-0.1, -0.05) is 11.6 Å². The van der Waals surface area contributed by atoms with Gasteiger partial charge >= 0.3 is 0 Å². The molecule has 1 aliphatic rings. The van der Waals surface area contributed by atoms with E-state index < -0.39 is 15.7 Å². The lowest BCUT2D eigenvalue weighted by atomic mass is 10.1. The average molecular weight is 502 g/mol. The minimum Gasteiger partial charge on any atom is -0.399 e. The molecule has 0 aliphatic carbocycles. The number of aliphatic imine (C=N–C) groups is 2. The largest absolute Gasteiger partial charge is 0.399 e. The van der Waals surface area contributed by atoms with Gasteiger partial charge in [-0.05, 0) is 68.4 Å². The van der Waals surface area contributed by atoms with Crippen molar-refractivity contribution in [3.63, 3.8) is 0 Å². The van der Waals surface area contributed by atoms with Crippen molar-refractivity contribution in [3.05, 3.63) is 72.0 Å². The predicted molar refractivity (Wildman–Crippen MR) is 135 cm³/mol. The first-order chi connectivity index (χ1) is 16.0. The summed E-state index contributed by atoms with van der Waals surface area (Å²) in [5, 5.41) is 0.669. The number of nitrogens with zero attached hydrogens (tertiary/aromatic N) is 5. The van der Waals surface area contributed by atoms with Crippen LogP contribution in [-0.4, -0.2) is 36.0 Å². The zero-order valence-electron chi connectivity index (χ0n) is 18.4. The molecule has 0 bridgehead atoms. The van der Waals surface area contributed by atoms with Crippen LogP contribution in [0.2, 0.25) is 5.02 Å². The van der Waals surface area contributed by atoms with E-state index in [-0.39, 0.29) is 16.8 Å². The summed E-state index contributed by atoms with van der Waals surface area (Å²) in [6, 6.07) is 14.8.